The second-order valence-electron chi connectivity index (χ2n) is 4.57. The van der Waals surface area contributed by atoms with E-state index in [0.29, 0.717) is 5.88 Å². The van der Waals surface area contributed by atoms with E-state index >= 15 is 0 Å². The van der Waals surface area contributed by atoms with E-state index in [1.807, 2.05) is 50.2 Å². The average Bonchev–Trinajstić information content (AvgIpc) is 2.43. The molecule has 3 nitrogen and oxygen atoms in total. The molecule has 0 aliphatic heterocycles. The van der Waals surface area contributed by atoms with Crippen molar-refractivity contribution >= 4 is 10.9 Å². The molecule has 3 rings (SSSR count). The summed E-state index contributed by atoms with van der Waals surface area (Å²) in [5.41, 5.74) is 3.14. The highest BCUT2D eigenvalue weighted by Gasteiger charge is 2.07. The minimum absolute atomic E-state index is 0.597. The Balaban J connectivity index is 2.08. The summed E-state index contributed by atoms with van der Waals surface area (Å²) >= 11 is 0. The van der Waals surface area contributed by atoms with Crippen molar-refractivity contribution in [3.8, 4) is 11.6 Å². The molecule has 0 spiro atoms. The molecular weight excluding hydrogens is 236 g/mol. The van der Waals surface area contributed by atoms with Crippen LogP contribution in [0, 0.1) is 13.8 Å². The van der Waals surface area contributed by atoms with E-state index in [4.69, 9.17) is 4.74 Å². The van der Waals surface area contributed by atoms with E-state index in [2.05, 4.69) is 16.0 Å². The van der Waals surface area contributed by atoms with Gasteiger partial charge in [0.1, 0.15) is 12.1 Å². The first-order valence-electron chi connectivity index (χ1n) is 6.19. The molecule has 3 aromatic rings. The fourth-order valence-corrected chi connectivity index (χ4v) is 1.98. The van der Waals surface area contributed by atoms with Crippen LogP contribution in [0.5, 0.6) is 11.6 Å². The summed E-state index contributed by atoms with van der Waals surface area (Å²) in [6.45, 7) is 4.07. The maximum Gasteiger partial charge on any atom is 0.230 e. The van der Waals surface area contributed by atoms with Gasteiger partial charge in [0.2, 0.25) is 5.88 Å². The highest BCUT2D eigenvalue weighted by atomic mass is 16.5. The Bertz CT molecular complexity index is 732. The van der Waals surface area contributed by atoms with E-state index in [-0.39, 0.29) is 0 Å². The van der Waals surface area contributed by atoms with Crippen LogP contribution in [0.25, 0.3) is 10.9 Å². The molecule has 0 aliphatic carbocycles. The number of hydrogen-bond acceptors (Lipinski definition) is 3. The average molecular weight is 250 g/mol. The van der Waals surface area contributed by atoms with Crippen molar-refractivity contribution in [2.75, 3.05) is 0 Å². The molecule has 19 heavy (non-hydrogen) atoms. The topological polar surface area (TPSA) is 35.0 Å². The summed E-state index contributed by atoms with van der Waals surface area (Å²) < 4.78 is 5.95. The molecule has 0 fully saturated rings. The van der Waals surface area contributed by atoms with Crippen LogP contribution in [-0.4, -0.2) is 9.97 Å². The number of aryl methyl sites for hydroxylation is 2. The Labute approximate surface area is 111 Å². The monoisotopic (exact) mass is 250 g/mol. The third-order valence-electron chi connectivity index (χ3n) is 3.06. The first kappa shape index (κ1) is 11.7. The predicted molar refractivity (Wildman–Crippen MR) is 75.5 cm³/mol. The molecule has 0 N–H and O–H groups in total. The molecule has 0 amide bonds. The van der Waals surface area contributed by atoms with Gasteiger partial charge in [0.15, 0.2) is 0 Å². The van der Waals surface area contributed by atoms with Gasteiger partial charge in [-0.25, -0.2) is 9.97 Å². The fourth-order valence-electron chi connectivity index (χ4n) is 1.98. The van der Waals surface area contributed by atoms with Gasteiger partial charge in [-0.1, -0.05) is 24.3 Å². The van der Waals surface area contributed by atoms with Crippen LogP contribution in [-0.2, 0) is 0 Å². The third-order valence-corrected chi connectivity index (χ3v) is 3.06. The highest BCUT2D eigenvalue weighted by molar-refractivity contribution is 5.83. The molecule has 0 bridgehead atoms. The number of benzene rings is 2. The molecular formula is C16H14N2O. The van der Waals surface area contributed by atoms with E-state index in [0.717, 1.165) is 22.2 Å². The van der Waals surface area contributed by atoms with Crippen LogP contribution < -0.4 is 4.74 Å². The highest BCUT2D eigenvalue weighted by Crippen LogP contribution is 2.29. The van der Waals surface area contributed by atoms with Gasteiger partial charge in [-0.3, -0.25) is 0 Å². The first-order chi connectivity index (χ1) is 9.24. The van der Waals surface area contributed by atoms with Crippen molar-refractivity contribution in [2.45, 2.75) is 13.8 Å². The number of fused-ring (bicyclic) bond motifs is 1. The van der Waals surface area contributed by atoms with Gasteiger partial charge in [-0.05, 0) is 43.2 Å². The molecule has 0 atom stereocenters. The van der Waals surface area contributed by atoms with Crippen LogP contribution in [0.3, 0.4) is 0 Å². The normalized spacial score (nSPS) is 10.6. The molecule has 3 heteroatoms. The predicted octanol–water partition coefficient (Wildman–Crippen LogP) is 4.04. The summed E-state index contributed by atoms with van der Waals surface area (Å²) in [6.07, 6.45) is 1.53. The molecule has 0 saturated carbocycles. The van der Waals surface area contributed by atoms with Crippen molar-refractivity contribution in [3.05, 3.63) is 59.9 Å². The smallest absolute Gasteiger partial charge is 0.230 e. The number of nitrogens with zero attached hydrogens (tertiary/aromatic N) is 2. The Kier molecular flexibility index (Phi) is 2.88. The minimum Gasteiger partial charge on any atom is -0.438 e. The first-order valence-corrected chi connectivity index (χ1v) is 6.19. The lowest BCUT2D eigenvalue weighted by atomic mass is 10.1. The largest absolute Gasteiger partial charge is 0.438 e. The fraction of sp³-hybridized carbons (Fsp3) is 0.125. The van der Waals surface area contributed by atoms with Crippen molar-refractivity contribution in [1.82, 2.24) is 9.97 Å². The zero-order valence-corrected chi connectivity index (χ0v) is 10.9. The molecule has 2 aromatic carbocycles. The van der Waals surface area contributed by atoms with E-state index < -0.39 is 0 Å². The van der Waals surface area contributed by atoms with E-state index in [1.165, 1.54) is 11.9 Å². The maximum absolute atomic E-state index is 5.95. The zero-order chi connectivity index (χ0) is 13.2. The van der Waals surface area contributed by atoms with Crippen LogP contribution in [0.4, 0.5) is 0 Å². The third kappa shape index (κ3) is 2.27. The summed E-state index contributed by atoms with van der Waals surface area (Å²) in [7, 11) is 0. The molecule has 0 saturated heterocycles. The quantitative estimate of drug-likeness (QED) is 0.688. The second-order valence-corrected chi connectivity index (χ2v) is 4.57. The summed E-state index contributed by atoms with van der Waals surface area (Å²) in [6, 6.07) is 14.0. The Hall–Kier alpha value is -2.42. The van der Waals surface area contributed by atoms with Crippen molar-refractivity contribution in [1.29, 1.82) is 0 Å². The minimum atomic E-state index is 0.597. The van der Waals surface area contributed by atoms with E-state index in [1.54, 1.807) is 0 Å². The number of ether oxygens (including phenoxy) is 1. The van der Waals surface area contributed by atoms with Crippen molar-refractivity contribution < 1.29 is 4.74 Å². The second kappa shape index (κ2) is 4.69. The van der Waals surface area contributed by atoms with Crippen LogP contribution >= 0.6 is 0 Å². The Morgan fingerprint density at radius 1 is 0.947 bits per heavy atom. The van der Waals surface area contributed by atoms with Crippen molar-refractivity contribution in [2.24, 2.45) is 0 Å². The number of para-hydroxylation sites is 1. The Morgan fingerprint density at radius 3 is 2.68 bits per heavy atom. The number of hydrogen-bond donors (Lipinski definition) is 0. The molecule has 94 valence electrons. The lowest BCUT2D eigenvalue weighted by Crippen LogP contribution is -1.93. The molecule has 0 radical (unpaired) electrons. The number of rotatable bonds is 2. The lowest BCUT2D eigenvalue weighted by molar-refractivity contribution is 0.464. The van der Waals surface area contributed by atoms with Crippen LogP contribution in [0.2, 0.25) is 0 Å². The van der Waals surface area contributed by atoms with Gasteiger partial charge in [0.25, 0.3) is 0 Å². The summed E-state index contributed by atoms with van der Waals surface area (Å²) in [5, 5.41) is 0.922. The maximum atomic E-state index is 5.95. The van der Waals surface area contributed by atoms with Gasteiger partial charge >= 0.3 is 0 Å². The van der Waals surface area contributed by atoms with Gasteiger partial charge in [0, 0.05) is 0 Å². The van der Waals surface area contributed by atoms with Gasteiger partial charge < -0.3 is 4.74 Å². The van der Waals surface area contributed by atoms with Crippen molar-refractivity contribution in [3.63, 3.8) is 0 Å². The molecule has 1 aromatic heterocycles. The van der Waals surface area contributed by atoms with Crippen LogP contribution in [0.1, 0.15) is 11.1 Å². The van der Waals surface area contributed by atoms with Gasteiger partial charge in [0.05, 0.1) is 10.9 Å². The summed E-state index contributed by atoms with van der Waals surface area (Å²) in [5.74, 6) is 1.43. The van der Waals surface area contributed by atoms with E-state index in [9.17, 15) is 0 Å². The Morgan fingerprint density at radius 2 is 1.79 bits per heavy atom. The standard InChI is InChI=1S/C16H14N2O/c1-11-7-8-12(2)15(9-11)19-16-13-5-3-4-6-14(13)17-10-18-16/h3-10H,1-2H3. The van der Waals surface area contributed by atoms with Crippen LogP contribution in [0.15, 0.2) is 48.8 Å². The molecule has 1 heterocycles. The molecule has 0 unspecified atom stereocenters. The zero-order valence-electron chi connectivity index (χ0n) is 10.9. The number of aromatic nitrogens is 2. The van der Waals surface area contributed by atoms with Gasteiger partial charge in [-0.2, -0.15) is 0 Å². The summed E-state index contributed by atoms with van der Waals surface area (Å²) in [4.78, 5) is 8.47. The lowest BCUT2D eigenvalue weighted by Gasteiger charge is -2.10. The SMILES string of the molecule is Cc1ccc(C)c(Oc2ncnc3ccccc23)c1. The van der Waals surface area contributed by atoms with Gasteiger partial charge in [-0.15, -0.1) is 0 Å². The molecule has 0 aliphatic rings.